The van der Waals surface area contributed by atoms with Crippen LogP contribution in [0.5, 0.6) is 0 Å². The van der Waals surface area contributed by atoms with Crippen molar-refractivity contribution in [3.8, 4) is 11.1 Å². The number of rotatable bonds is 9. The van der Waals surface area contributed by atoms with Crippen molar-refractivity contribution in [2.75, 3.05) is 18.9 Å². The highest BCUT2D eigenvalue weighted by Crippen LogP contribution is 2.39. The van der Waals surface area contributed by atoms with Crippen LogP contribution in [0.2, 0.25) is 0 Å². The number of pyridine rings is 1. The summed E-state index contributed by atoms with van der Waals surface area (Å²) >= 11 is 0. The van der Waals surface area contributed by atoms with Crippen molar-refractivity contribution in [3.63, 3.8) is 0 Å². The standard InChI is InChI=1S/C34H28F3N3O3/c1-40(21-30(41)42)33(43)24-15-13-23(14-16-24)19-38-27-10-5-9-25(18-27)31-26(17-22-7-3-2-4-8-22)20-39-32-28(31)11-6-12-29(32)34(35,36)37/h2-16,18,20,38H,17,19,21H2,1H3,(H,41,42). The van der Waals surface area contributed by atoms with Crippen LogP contribution in [0.25, 0.3) is 22.0 Å². The number of aliphatic carboxylic acids is 1. The zero-order valence-electron chi connectivity index (χ0n) is 23.2. The minimum absolute atomic E-state index is 0.0937. The molecule has 0 unspecified atom stereocenters. The fourth-order valence-corrected chi connectivity index (χ4v) is 5.03. The predicted molar refractivity (Wildman–Crippen MR) is 160 cm³/mol. The summed E-state index contributed by atoms with van der Waals surface area (Å²) < 4.78 is 41.7. The number of anilines is 1. The number of fused-ring (bicyclic) bond motifs is 1. The Balaban J connectivity index is 1.45. The molecule has 0 fully saturated rings. The van der Waals surface area contributed by atoms with E-state index in [4.69, 9.17) is 5.11 Å². The van der Waals surface area contributed by atoms with E-state index in [1.807, 2.05) is 54.6 Å². The number of carbonyl (C=O) groups is 2. The molecule has 5 aromatic rings. The molecule has 0 spiro atoms. The van der Waals surface area contributed by atoms with Crippen molar-refractivity contribution in [1.29, 1.82) is 0 Å². The van der Waals surface area contributed by atoms with E-state index in [2.05, 4.69) is 10.3 Å². The Morgan fingerprint density at radius 3 is 2.30 bits per heavy atom. The number of carbonyl (C=O) groups excluding carboxylic acids is 1. The molecule has 0 saturated carbocycles. The van der Waals surface area contributed by atoms with Gasteiger partial charge in [0.1, 0.15) is 6.54 Å². The molecule has 1 amide bonds. The van der Waals surface area contributed by atoms with Gasteiger partial charge in [-0.15, -0.1) is 0 Å². The van der Waals surface area contributed by atoms with Gasteiger partial charge in [0.15, 0.2) is 0 Å². The predicted octanol–water partition coefficient (Wildman–Crippen LogP) is 7.28. The van der Waals surface area contributed by atoms with Gasteiger partial charge in [-0.25, -0.2) is 0 Å². The highest BCUT2D eigenvalue weighted by atomic mass is 19.4. The molecule has 0 aliphatic heterocycles. The maximum atomic E-state index is 13.9. The molecule has 1 heterocycles. The van der Waals surface area contributed by atoms with Crippen LogP contribution in [0.3, 0.4) is 0 Å². The summed E-state index contributed by atoms with van der Waals surface area (Å²) in [6, 6.07) is 28.2. The van der Waals surface area contributed by atoms with E-state index in [1.54, 1.807) is 30.3 Å². The van der Waals surface area contributed by atoms with Gasteiger partial charge in [0.05, 0.1) is 11.1 Å². The van der Waals surface area contributed by atoms with Crippen LogP contribution in [0.15, 0.2) is 103 Å². The first-order valence-electron chi connectivity index (χ1n) is 13.5. The summed E-state index contributed by atoms with van der Waals surface area (Å²) in [7, 11) is 1.43. The molecular formula is C34H28F3N3O3. The number of carboxylic acid groups (broad SMARTS) is 1. The summed E-state index contributed by atoms with van der Waals surface area (Å²) in [5, 5.41) is 12.7. The molecule has 1 aromatic heterocycles. The van der Waals surface area contributed by atoms with Crippen molar-refractivity contribution in [1.82, 2.24) is 9.88 Å². The first-order valence-corrected chi connectivity index (χ1v) is 13.5. The average molecular weight is 584 g/mol. The number of alkyl halides is 3. The number of benzene rings is 4. The first-order chi connectivity index (χ1) is 20.6. The molecule has 6 nitrogen and oxygen atoms in total. The molecule has 218 valence electrons. The average Bonchev–Trinajstić information content (AvgIpc) is 2.99. The normalized spacial score (nSPS) is 11.3. The summed E-state index contributed by atoms with van der Waals surface area (Å²) in [6.45, 7) is 0.0326. The lowest BCUT2D eigenvalue weighted by Crippen LogP contribution is -2.31. The molecule has 5 rings (SSSR count). The van der Waals surface area contributed by atoms with E-state index >= 15 is 0 Å². The molecule has 9 heteroatoms. The molecule has 0 bridgehead atoms. The lowest BCUT2D eigenvalue weighted by atomic mass is 9.91. The largest absolute Gasteiger partial charge is 0.480 e. The third-order valence-corrected chi connectivity index (χ3v) is 7.09. The molecule has 0 aliphatic rings. The molecule has 2 N–H and O–H groups in total. The van der Waals surface area contributed by atoms with Crippen molar-refractivity contribution in [2.45, 2.75) is 19.1 Å². The Morgan fingerprint density at radius 1 is 0.884 bits per heavy atom. The Kier molecular flexibility index (Phi) is 8.43. The Bertz CT molecular complexity index is 1770. The second-order valence-corrected chi connectivity index (χ2v) is 10.2. The minimum Gasteiger partial charge on any atom is -0.480 e. The molecule has 0 radical (unpaired) electrons. The number of carboxylic acids is 1. The van der Waals surface area contributed by atoms with Crippen LogP contribution in [-0.4, -0.2) is 40.5 Å². The van der Waals surface area contributed by atoms with Crippen molar-refractivity contribution in [3.05, 3.63) is 131 Å². The molecule has 4 aromatic carbocycles. The highest BCUT2D eigenvalue weighted by Gasteiger charge is 2.33. The van der Waals surface area contributed by atoms with Crippen LogP contribution in [0.4, 0.5) is 18.9 Å². The summed E-state index contributed by atoms with van der Waals surface area (Å²) in [5.41, 5.74) is 4.43. The van der Waals surface area contributed by atoms with Gasteiger partial charge in [-0.2, -0.15) is 13.2 Å². The lowest BCUT2D eigenvalue weighted by Gasteiger charge is -2.17. The second-order valence-electron chi connectivity index (χ2n) is 10.2. The van der Waals surface area contributed by atoms with Crippen LogP contribution in [0.1, 0.15) is 32.6 Å². The number of halogens is 3. The fraction of sp³-hybridized carbons (Fsp3) is 0.147. The van der Waals surface area contributed by atoms with E-state index in [0.717, 1.165) is 38.9 Å². The number of nitrogens with zero attached hydrogens (tertiary/aromatic N) is 2. The number of para-hydroxylation sites is 1. The van der Waals surface area contributed by atoms with Gasteiger partial charge in [0.2, 0.25) is 0 Å². The minimum atomic E-state index is -4.54. The number of hydrogen-bond acceptors (Lipinski definition) is 4. The van der Waals surface area contributed by atoms with Crippen LogP contribution >= 0.6 is 0 Å². The smallest absolute Gasteiger partial charge is 0.418 e. The van der Waals surface area contributed by atoms with Gasteiger partial charge in [-0.05, 0) is 64.6 Å². The van der Waals surface area contributed by atoms with E-state index in [1.165, 1.54) is 19.3 Å². The van der Waals surface area contributed by atoms with Crippen LogP contribution in [0, 0.1) is 0 Å². The van der Waals surface area contributed by atoms with E-state index in [0.29, 0.717) is 29.5 Å². The first kappa shape index (κ1) is 29.3. The fourth-order valence-electron chi connectivity index (χ4n) is 5.03. The van der Waals surface area contributed by atoms with Gasteiger partial charge in [0, 0.05) is 36.4 Å². The Morgan fingerprint density at radius 2 is 1.60 bits per heavy atom. The van der Waals surface area contributed by atoms with E-state index < -0.39 is 24.3 Å². The van der Waals surface area contributed by atoms with Crippen LogP contribution < -0.4 is 5.32 Å². The molecule has 43 heavy (non-hydrogen) atoms. The maximum Gasteiger partial charge on any atom is 0.418 e. The quantitative estimate of drug-likeness (QED) is 0.191. The topological polar surface area (TPSA) is 82.5 Å². The summed E-state index contributed by atoms with van der Waals surface area (Å²) in [6.07, 6.45) is -2.50. The van der Waals surface area contributed by atoms with E-state index in [9.17, 15) is 22.8 Å². The van der Waals surface area contributed by atoms with E-state index in [-0.39, 0.29) is 11.4 Å². The van der Waals surface area contributed by atoms with Gasteiger partial charge in [0.25, 0.3) is 5.91 Å². The number of aromatic nitrogens is 1. The van der Waals surface area contributed by atoms with Gasteiger partial charge < -0.3 is 15.3 Å². The van der Waals surface area contributed by atoms with Gasteiger partial charge in [-0.3, -0.25) is 14.6 Å². The van der Waals surface area contributed by atoms with Crippen molar-refractivity contribution >= 4 is 28.5 Å². The highest BCUT2D eigenvalue weighted by molar-refractivity contribution is 5.98. The molecule has 0 atom stereocenters. The lowest BCUT2D eigenvalue weighted by molar-refractivity contribution is -0.138. The maximum absolute atomic E-state index is 13.9. The zero-order chi connectivity index (χ0) is 30.6. The SMILES string of the molecule is CN(CC(=O)O)C(=O)c1ccc(CNc2cccc(-c3c(Cc4ccccc4)cnc4c(C(F)(F)F)cccc34)c2)cc1. The summed E-state index contributed by atoms with van der Waals surface area (Å²) in [4.78, 5) is 28.8. The van der Waals surface area contributed by atoms with Gasteiger partial charge >= 0.3 is 12.1 Å². The Hall–Kier alpha value is -5.18. The second kappa shape index (κ2) is 12.4. The van der Waals surface area contributed by atoms with Crippen molar-refractivity contribution in [2.24, 2.45) is 0 Å². The Labute approximate surface area is 246 Å². The number of nitrogens with one attached hydrogen (secondary N) is 1. The zero-order valence-corrected chi connectivity index (χ0v) is 23.2. The monoisotopic (exact) mass is 583 g/mol. The summed E-state index contributed by atoms with van der Waals surface area (Å²) in [5.74, 6) is -1.48. The molecule has 0 saturated heterocycles. The number of likely N-dealkylation sites (N-methyl/N-ethyl adjacent to an activating group) is 1. The number of amides is 1. The number of hydrogen-bond donors (Lipinski definition) is 2. The third kappa shape index (κ3) is 6.83. The van der Waals surface area contributed by atoms with Gasteiger partial charge in [-0.1, -0.05) is 66.7 Å². The molecular weight excluding hydrogens is 555 g/mol. The van der Waals surface area contributed by atoms with Crippen molar-refractivity contribution < 1.29 is 27.9 Å². The third-order valence-electron chi connectivity index (χ3n) is 7.09. The molecule has 0 aliphatic carbocycles. The van der Waals surface area contributed by atoms with Crippen LogP contribution in [-0.2, 0) is 23.9 Å².